The van der Waals surface area contributed by atoms with Gasteiger partial charge in [-0.1, -0.05) is 67.5 Å². The molecule has 0 saturated carbocycles. The summed E-state index contributed by atoms with van der Waals surface area (Å²) >= 11 is 0. The topological polar surface area (TPSA) is 129 Å². The fourth-order valence-electron chi connectivity index (χ4n) is 4.15. The Bertz CT molecular complexity index is 1510. The lowest BCUT2D eigenvalue weighted by Gasteiger charge is -2.17. The molecule has 43 heavy (non-hydrogen) atoms. The predicted molar refractivity (Wildman–Crippen MR) is 175 cm³/mol. The minimum absolute atomic E-state index is 0.0267. The number of rotatable bonds is 8. The van der Waals surface area contributed by atoms with E-state index < -0.39 is 7.14 Å². The van der Waals surface area contributed by atoms with E-state index in [2.05, 4.69) is 66.8 Å². The van der Waals surface area contributed by atoms with Gasteiger partial charge in [-0.15, -0.1) is 0 Å². The van der Waals surface area contributed by atoms with E-state index in [0.717, 1.165) is 28.5 Å². The van der Waals surface area contributed by atoms with E-state index >= 15 is 0 Å². The third kappa shape index (κ3) is 9.40. The molecule has 0 spiro atoms. The molecule has 3 heterocycles. The van der Waals surface area contributed by atoms with Crippen LogP contribution in [0.2, 0.25) is 0 Å². The first-order valence-electron chi connectivity index (χ1n) is 14.7. The number of nitrogens with one attached hydrogen (secondary N) is 1. The van der Waals surface area contributed by atoms with Crippen LogP contribution < -0.4 is 11.1 Å². The highest BCUT2D eigenvalue weighted by Crippen LogP contribution is 2.48. The number of nitrogens with two attached hydrogens (primary N) is 1. The van der Waals surface area contributed by atoms with Crippen molar-refractivity contribution < 1.29 is 9.36 Å². The first kappa shape index (κ1) is 33.8. The predicted octanol–water partition coefficient (Wildman–Crippen LogP) is 6.95. The Balaban J connectivity index is 0.000000257. The van der Waals surface area contributed by atoms with Crippen LogP contribution in [-0.2, 0) is 28.1 Å². The molecule has 0 saturated heterocycles. The molecule has 230 valence electrons. The number of aromatic nitrogens is 5. The quantitative estimate of drug-likeness (QED) is 0.209. The highest BCUT2D eigenvalue weighted by Gasteiger charge is 2.19. The van der Waals surface area contributed by atoms with Crippen LogP contribution >= 0.6 is 7.14 Å². The maximum atomic E-state index is 12.6. The van der Waals surface area contributed by atoms with Gasteiger partial charge < -0.3 is 20.2 Å². The van der Waals surface area contributed by atoms with Gasteiger partial charge in [0.05, 0.1) is 43.3 Å². The highest BCUT2D eigenvalue weighted by molar-refractivity contribution is 7.63. The van der Waals surface area contributed by atoms with E-state index in [0.29, 0.717) is 36.4 Å². The van der Waals surface area contributed by atoms with Crippen LogP contribution in [0, 0.1) is 0 Å². The number of amides is 1. The number of anilines is 1. The van der Waals surface area contributed by atoms with Crippen molar-refractivity contribution in [2.45, 2.75) is 78.9 Å². The third-order valence-electron chi connectivity index (χ3n) is 7.20. The van der Waals surface area contributed by atoms with Gasteiger partial charge in [-0.25, -0.2) is 9.97 Å². The summed E-state index contributed by atoms with van der Waals surface area (Å²) < 4.78 is 14.5. The van der Waals surface area contributed by atoms with Crippen LogP contribution in [0.15, 0.2) is 67.4 Å². The van der Waals surface area contributed by atoms with E-state index in [4.69, 9.17) is 5.73 Å². The molecule has 10 heteroatoms. The molecule has 4 aromatic rings. The van der Waals surface area contributed by atoms with Gasteiger partial charge in [-0.2, -0.15) is 0 Å². The first-order chi connectivity index (χ1) is 20.2. The summed E-state index contributed by atoms with van der Waals surface area (Å²) in [5.74, 6) is 1.00. The minimum atomic E-state index is -2.13. The van der Waals surface area contributed by atoms with E-state index in [1.165, 1.54) is 0 Å². The maximum Gasteiger partial charge on any atom is 0.256 e. The summed E-state index contributed by atoms with van der Waals surface area (Å²) in [7, 11) is -2.13. The van der Waals surface area contributed by atoms with Gasteiger partial charge in [-0.3, -0.25) is 14.8 Å². The summed E-state index contributed by atoms with van der Waals surface area (Å²) in [5, 5.41) is 2.76. The fourth-order valence-corrected chi connectivity index (χ4v) is 5.92. The second kappa shape index (κ2) is 14.2. The van der Waals surface area contributed by atoms with Gasteiger partial charge in [0, 0.05) is 41.0 Å². The van der Waals surface area contributed by atoms with Crippen LogP contribution in [0.4, 0.5) is 5.82 Å². The average Bonchev–Trinajstić information content (AvgIpc) is 3.46. The average molecular weight is 604 g/mol. The normalized spacial score (nSPS) is 11.9. The van der Waals surface area contributed by atoms with Gasteiger partial charge in [0.15, 0.2) is 11.6 Å². The molecule has 0 aliphatic heterocycles. The van der Waals surface area contributed by atoms with Crippen LogP contribution in [0.5, 0.6) is 0 Å². The van der Waals surface area contributed by atoms with Gasteiger partial charge in [0.2, 0.25) is 0 Å². The van der Waals surface area contributed by atoms with Gasteiger partial charge in [0.1, 0.15) is 0 Å². The minimum Gasteiger partial charge on any atom is -0.325 e. The zero-order valence-corrected chi connectivity index (χ0v) is 27.7. The number of benzene rings is 1. The van der Waals surface area contributed by atoms with E-state index in [9.17, 15) is 9.36 Å². The molecule has 0 aliphatic carbocycles. The lowest BCUT2D eigenvalue weighted by molar-refractivity contribution is 0.102. The van der Waals surface area contributed by atoms with Crippen molar-refractivity contribution in [3.8, 4) is 5.82 Å². The summed E-state index contributed by atoms with van der Waals surface area (Å²) in [6.45, 7) is 17.0. The van der Waals surface area contributed by atoms with E-state index in [1.54, 1.807) is 30.7 Å². The molecule has 3 aromatic heterocycles. The second-order valence-electron chi connectivity index (χ2n) is 12.6. The Morgan fingerprint density at radius 3 is 1.88 bits per heavy atom. The van der Waals surface area contributed by atoms with Crippen LogP contribution in [-0.4, -0.2) is 42.7 Å². The largest absolute Gasteiger partial charge is 0.325 e. The third-order valence-corrected chi connectivity index (χ3v) is 10.4. The molecule has 1 amide bonds. The number of carbonyl (C=O) groups excluding carboxylic acids is 1. The fraction of sp³-hybridized carbons (Fsp3) is 0.424. The van der Waals surface area contributed by atoms with Crippen molar-refractivity contribution in [3.63, 3.8) is 0 Å². The lowest BCUT2D eigenvalue weighted by Crippen LogP contribution is -2.16. The van der Waals surface area contributed by atoms with Gasteiger partial charge >= 0.3 is 0 Å². The Kier molecular flexibility index (Phi) is 11.2. The number of nitrogens with zero attached hydrogens (tertiary/aromatic N) is 5. The second-order valence-corrected chi connectivity index (χ2v) is 16.3. The molecule has 0 bridgehead atoms. The Morgan fingerprint density at radius 1 is 0.837 bits per heavy atom. The summed E-state index contributed by atoms with van der Waals surface area (Å²) in [6, 6.07) is 11.2. The molecule has 0 atom stereocenters. The molecule has 3 N–H and O–H groups in total. The Morgan fingerprint density at radius 2 is 1.42 bits per heavy atom. The van der Waals surface area contributed by atoms with Crippen molar-refractivity contribution >= 4 is 18.9 Å². The standard InChI is InChI=1S/C20H28N3O2P.C13H18N4/c1-6-26(25,7-2)14-15-8-10-16(11-9-15)19(24)23-18-13-21-17(12-22-18)20(3,4)5;1-13(2,3)11-8-16-12(9-15-11)17-6-4-5-10(17)7-14/h8-13H,6-7,14H2,1-5H3,(H,22,23,24);4-6,8-9H,7,14H2,1-3H3. The zero-order valence-electron chi connectivity index (χ0n) is 26.8. The number of hydrogen-bond donors (Lipinski definition) is 2. The van der Waals surface area contributed by atoms with Crippen molar-refractivity contribution in [1.82, 2.24) is 24.5 Å². The van der Waals surface area contributed by atoms with Gasteiger partial charge in [0.25, 0.3) is 5.91 Å². The molecular formula is C33H46N7O2P. The van der Waals surface area contributed by atoms with Crippen LogP contribution in [0.3, 0.4) is 0 Å². The first-order valence-corrected chi connectivity index (χ1v) is 16.9. The maximum absolute atomic E-state index is 12.6. The molecule has 0 fully saturated rings. The molecule has 4 rings (SSSR count). The van der Waals surface area contributed by atoms with Crippen LogP contribution in [0.25, 0.3) is 5.82 Å². The summed E-state index contributed by atoms with van der Waals surface area (Å²) in [4.78, 5) is 29.9. The molecule has 0 unspecified atom stereocenters. The Hall–Kier alpha value is -3.68. The van der Waals surface area contributed by atoms with Crippen molar-refractivity contribution in [3.05, 3.63) is 95.6 Å². The zero-order chi connectivity index (χ0) is 31.8. The van der Waals surface area contributed by atoms with E-state index in [-0.39, 0.29) is 16.7 Å². The lowest BCUT2D eigenvalue weighted by atomic mass is 9.93. The van der Waals surface area contributed by atoms with Crippen molar-refractivity contribution in [2.75, 3.05) is 17.6 Å². The monoisotopic (exact) mass is 603 g/mol. The van der Waals surface area contributed by atoms with Crippen molar-refractivity contribution in [1.29, 1.82) is 0 Å². The summed E-state index contributed by atoms with van der Waals surface area (Å²) in [5.41, 5.74) is 10.0. The number of hydrogen-bond acceptors (Lipinski definition) is 7. The highest BCUT2D eigenvalue weighted by atomic mass is 31.2. The smallest absolute Gasteiger partial charge is 0.256 e. The van der Waals surface area contributed by atoms with Gasteiger partial charge in [-0.05, 0) is 42.2 Å². The Labute approximate surface area is 256 Å². The molecular weight excluding hydrogens is 557 g/mol. The molecule has 9 nitrogen and oxygen atoms in total. The van der Waals surface area contributed by atoms with E-state index in [1.807, 2.05) is 55.1 Å². The number of carbonyl (C=O) groups is 1. The molecule has 0 radical (unpaired) electrons. The van der Waals surface area contributed by atoms with Crippen LogP contribution in [0.1, 0.15) is 88.4 Å². The SMILES string of the molecule is CC(C)(C)c1cnc(-n2cccc2CN)cn1.CCP(=O)(CC)Cc1ccc(C(=O)Nc2cnc(C(C)(C)C)cn2)cc1. The summed E-state index contributed by atoms with van der Waals surface area (Å²) in [6.07, 6.45) is 10.8. The van der Waals surface area contributed by atoms with Crippen molar-refractivity contribution in [2.24, 2.45) is 5.73 Å². The molecule has 1 aromatic carbocycles. The molecule has 0 aliphatic rings.